The van der Waals surface area contributed by atoms with Crippen LogP contribution in [0.5, 0.6) is 11.5 Å². The second-order valence-corrected chi connectivity index (χ2v) is 7.16. The Morgan fingerprint density at radius 1 is 1.16 bits per heavy atom. The molecule has 162 valence electrons. The van der Waals surface area contributed by atoms with E-state index in [1.807, 2.05) is 13.0 Å². The van der Waals surface area contributed by atoms with E-state index in [0.29, 0.717) is 34.8 Å². The summed E-state index contributed by atoms with van der Waals surface area (Å²) in [6.45, 7) is 3.92. The van der Waals surface area contributed by atoms with Gasteiger partial charge in [-0.25, -0.2) is 4.68 Å². The van der Waals surface area contributed by atoms with Crippen molar-refractivity contribution in [2.45, 2.75) is 32.9 Å². The fraction of sp³-hybridized carbons (Fsp3) is 0.318. The van der Waals surface area contributed by atoms with Crippen molar-refractivity contribution in [2.24, 2.45) is 0 Å². The van der Waals surface area contributed by atoms with Crippen LogP contribution in [0.1, 0.15) is 30.8 Å². The van der Waals surface area contributed by atoms with Crippen LogP contribution in [-0.2, 0) is 11.3 Å². The van der Waals surface area contributed by atoms with E-state index in [0.717, 1.165) is 11.1 Å². The summed E-state index contributed by atoms with van der Waals surface area (Å²) < 4.78 is 19.0. The Hall–Kier alpha value is -3.75. The smallest absolute Gasteiger partial charge is 0.291 e. The van der Waals surface area contributed by atoms with Crippen LogP contribution in [-0.4, -0.2) is 34.3 Å². The molecule has 1 aromatic carbocycles. The molecule has 3 aromatic heterocycles. The standard InChI is InChI=1S/C22H24N4O5/c1-5-15(21(27)23-12-14-6-7-18(29-3)20(10-14)30-4)26-22(28)17-11-19-16(8-9-31-19)25(17)13(2)24-26/h6-11,15H,5,12H2,1-4H3,(H,23,27)/t15-/m1/s1. The first-order valence-corrected chi connectivity index (χ1v) is 9.95. The Morgan fingerprint density at radius 2 is 1.94 bits per heavy atom. The average Bonchev–Trinajstić information content (AvgIpc) is 3.37. The molecular weight excluding hydrogens is 400 g/mol. The molecule has 4 aromatic rings. The molecule has 31 heavy (non-hydrogen) atoms. The molecule has 1 amide bonds. The largest absolute Gasteiger partial charge is 0.493 e. The summed E-state index contributed by atoms with van der Waals surface area (Å²) in [5.74, 6) is 1.50. The Balaban J connectivity index is 1.61. The number of carbonyl (C=O) groups is 1. The van der Waals surface area contributed by atoms with Crippen LogP contribution in [0, 0.1) is 6.92 Å². The van der Waals surface area contributed by atoms with E-state index in [1.165, 1.54) is 4.68 Å². The topological polar surface area (TPSA) is 100 Å². The summed E-state index contributed by atoms with van der Waals surface area (Å²) in [5, 5.41) is 7.32. The van der Waals surface area contributed by atoms with Crippen molar-refractivity contribution in [1.82, 2.24) is 19.5 Å². The molecule has 0 aliphatic heterocycles. The first-order chi connectivity index (χ1) is 15.0. The predicted molar refractivity (Wildman–Crippen MR) is 115 cm³/mol. The summed E-state index contributed by atoms with van der Waals surface area (Å²) >= 11 is 0. The SMILES string of the molecule is CC[C@H](C(=O)NCc1ccc(OC)c(OC)c1)n1nc(C)n2c(cc3occc32)c1=O. The molecule has 9 nitrogen and oxygen atoms in total. The van der Waals surface area contributed by atoms with E-state index in [2.05, 4.69) is 10.4 Å². The number of aryl methyl sites for hydroxylation is 1. The molecule has 0 aliphatic carbocycles. The fourth-order valence-corrected chi connectivity index (χ4v) is 3.77. The molecule has 3 heterocycles. The number of fused-ring (bicyclic) bond motifs is 3. The average molecular weight is 424 g/mol. The molecule has 0 bridgehead atoms. The number of nitrogens with zero attached hydrogens (tertiary/aromatic N) is 3. The summed E-state index contributed by atoms with van der Waals surface area (Å²) in [7, 11) is 3.12. The van der Waals surface area contributed by atoms with Gasteiger partial charge in [-0.3, -0.25) is 14.0 Å². The molecule has 0 radical (unpaired) electrons. The third-order valence-corrected chi connectivity index (χ3v) is 5.33. The number of hydrogen-bond acceptors (Lipinski definition) is 6. The van der Waals surface area contributed by atoms with Crippen LogP contribution in [0.2, 0.25) is 0 Å². The molecule has 9 heteroatoms. The Morgan fingerprint density at radius 3 is 2.65 bits per heavy atom. The number of methoxy groups -OCH3 is 2. The first-order valence-electron chi connectivity index (χ1n) is 9.95. The van der Waals surface area contributed by atoms with E-state index in [4.69, 9.17) is 13.9 Å². The molecule has 1 N–H and O–H groups in total. The monoisotopic (exact) mass is 424 g/mol. The van der Waals surface area contributed by atoms with Crippen LogP contribution in [0.3, 0.4) is 0 Å². The van der Waals surface area contributed by atoms with Crippen LogP contribution in [0.25, 0.3) is 16.6 Å². The first kappa shape index (κ1) is 20.5. The minimum atomic E-state index is -0.738. The van der Waals surface area contributed by atoms with E-state index in [1.54, 1.807) is 56.1 Å². The lowest BCUT2D eigenvalue weighted by Gasteiger charge is -2.18. The lowest BCUT2D eigenvalue weighted by Crippen LogP contribution is -2.39. The molecule has 0 saturated carbocycles. The van der Waals surface area contributed by atoms with Gasteiger partial charge in [0.15, 0.2) is 17.1 Å². The van der Waals surface area contributed by atoms with E-state index in [-0.39, 0.29) is 18.0 Å². The van der Waals surface area contributed by atoms with Crippen molar-refractivity contribution in [3.63, 3.8) is 0 Å². The maximum absolute atomic E-state index is 13.1. The number of hydrogen-bond donors (Lipinski definition) is 1. The van der Waals surface area contributed by atoms with Crippen LogP contribution in [0.15, 0.2) is 45.8 Å². The molecule has 0 fully saturated rings. The van der Waals surface area contributed by atoms with Gasteiger partial charge in [0, 0.05) is 18.7 Å². The third kappa shape index (κ3) is 3.52. The van der Waals surface area contributed by atoms with Gasteiger partial charge in [-0.2, -0.15) is 5.10 Å². The van der Waals surface area contributed by atoms with Gasteiger partial charge < -0.3 is 19.2 Å². The van der Waals surface area contributed by atoms with Crippen LogP contribution < -0.4 is 20.3 Å². The second-order valence-electron chi connectivity index (χ2n) is 7.16. The van der Waals surface area contributed by atoms with Gasteiger partial charge >= 0.3 is 0 Å². The van der Waals surface area contributed by atoms with Gasteiger partial charge in [-0.05, 0) is 31.0 Å². The van der Waals surface area contributed by atoms with Crippen molar-refractivity contribution < 1.29 is 18.7 Å². The third-order valence-electron chi connectivity index (χ3n) is 5.33. The Kier molecular flexibility index (Phi) is 5.41. The minimum absolute atomic E-state index is 0.281. The van der Waals surface area contributed by atoms with Gasteiger partial charge in [0.05, 0.1) is 26.0 Å². The summed E-state index contributed by atoms with van der Waals surface area (Å²) in [5.41, 5.74) is 2.30. The number of aromatic nitrogens is 3. The molecule has 0 saturated heterocycles. The number of amides is 1. The van der Waals surface area contributed by atoms with Gasteiger partial charge in [-0.15, -0.1) is 0 Å². The maximum atomic E-state index is 13.1. The van der Waals surface area contributed by atoms with Crippen molar-refractivity contribution in [3.8, 4) is 11.5 Å². The van der Waals surface area contributed by atoms with Crippen LogP contribution >= 0.6 is 0 Å². The second kappa shape index (κ2) is 8.17. The lowest BCUT2D eigenvalue weighted by molar-refractivity contribution is -0.125. The lowest BCUT2D eigenvalue weighted by atomic mass is 10.1. The molecule has 0 unspecified atom stereocenters. The number of benzene rings is 1. The summed E-state index contributed by atoms with van der Waals surface area (Å²) in [6.07, 6.45) is 1.98. The van der Waals surface area contributed by atoms with E-state index < -0.39 is 6.04 Å². The highest BCUT2D eigenvalue weighted by atomic mass is 16.5. The highest BCUT2D eigenvalue weighted by molar-refractivity contribution is 5.83. The van der Waals surface area contributed by atoms with Crippen LogP contribution in [0.4, 0.5) is 0 Å². The molecule has 0 spiro atoms. The number of ether oxygens (including phenoxy) is 2. The maximum Gasteiger partial charge on any atom is 0.291 e. The van der Waals surface area contributed by atoms with Gasteiger partial charge in [0.1, 0.15) is 17.4 Å². The molecule has 0 aliphatic rings. The van der Waals surface area contributed by atoms with Gasteiger partial charge in [0.25, 0.3) is 5.56 Å². The molecular formula is C22H24N4O5. The van der Waals surface area contributed by atoms with Crippen molar-refractivity contribution in [2.75, 3.05) is 14.2 Å². The summed E-state index contributed by atoms with van der Waals surface area (Å²) in [6, 6.07) is 8.15. The Labute approximate surface area is 178 Å². The molecule has 4 rings (SSSR count). The van der Waals surface area contributed by atoms with E-state index in [9.17, 15) is 9.59 Å². The van der Waals surface area contributed by atoms with Crippen molar-refractivity contribution in [3.05, 3.63) is 58.3 Å². The zero-order valence-electron chi connectivity index (χ0n) is 17.8. The number of furan rings is 1. The number of nitrogens with one attached hydrogen (secondary N) is 1. The van der Waals surface area contributed by atoms with Gasteiger partial charge in [-0.1, -0.05) is 13.0 Å². The van der Waals surface area contributed by atoms with Crippen molar-refractivity contribution in [1.29, 1.82) is 0 Å². The zero-order valence-corrected chi connectivity index (χ0v) is 17.8. The van der Waals surface area contributed by atoms with Gasteiger partial charge in [0.2, 0.25) is 5.91 Å². The number of carbonyl (C=O) groups excluding carboxylic acids is 1. The highest BCUT2D eigenvalue weighted by Gasteiger charge is 2.24. The normalized spacial score (nSPS) is 12.3. The zero-order chi connectivity index (χ0) is 22.1. The number of rotatable bonds is 7. The Bertz CT molecular complexity index is 1320. The van der Waals surface area contributed by atoms with E-state index >= 15 is 0 Å². The summed E-state index contributed by atoms with van der Waals surface area (Å²) in [4.78, 5) is 26.1. The fourth-order valence-electron chi connectivity index (χ4n) is 3.77. The molecule has 1 atom stereocenters. The highest BCUT2D eigenvalue weighted by Crippen LogP contribution is 2.27. The minimum Gasteiger partial charge on any atom is -0.493 e. The quantitative estimate of drug-likeness (QED) is 0.490. The predicted octanol–water partition coefficient (Wildman–Crippen LogP) is 2.84. The van der Waals surface area contributed by atoms with Crippen molar-refractivity contribution >= 4 is 22.5 Å².